The molecule has 0 unspecified atom stereocenters. The maximum atomic E-state index is 5.89. The third kappa shape index (κ3) is 5.06. The molecule has 4 nitrogen and oxygen atoms in total. The van der Waals surface area contributed by atoms with E-state index in [9.17, 15) is 0 Å². The summed E-state index contributed by atoms with van der Waals surface area (Å²) >= 11 is 0. The zero-order chi connectivity index (χ0) is 14.4. The fourth-order valence-corrected chi connectivity index (χ4v) is 1.97. The molecule has 1 aromatic carbocycles. The van der Waals surface area contributed by atoms with Gasteiger partial charge in [-0.3, -0.25) is 4.68 Å². The molecule has 116 valence electrons. The molecule has 0 aliphatic heterocycles. The Balaban J connectivity index is 0.00000220. The number of rotatable bonds is 7. The molecule has 0 aliphatic carbocycles. The molecule has 0 atom stereocenters. The highest BCUT2D eigenvalue weighted by molar-refractivity contribution is 5.85. The number of ether oxygens (including phenoxy) is 1. The van der Waals surface area contributed by atoms with Crippen LogP contribution in [0.4, 0.5) is 0 Å². The van der Waals surface area contributed by atoms with E-state index in [0.717, 1.165) is 36.4 Å². The van der Waals surface area contributed by atoms with Crippen LogP contribution in [-0.4, -0.2) is 22.9 Å². The van der Waals surface area contributed by atoms with Gasteiger partial charge in [0.2, 0.25) is 0 Å². The molecule has 0 fully saturated rings. The van der Waals surface area contributed by atoms with Gasteiger partial charge in [0.25, 0.3) is 0 Å². The van der Waals surface area contributed by atoms with Crippen molar-refractivity contribution in [3.05, 3.63) is 36.7 Å². The first-order valence-electron chi connectivity index (χ1n) is 7.15. The van der Waals surface area contributed by atoms with E-state index in [1.807, 2.05) is 35.3 Å². The van der Waals surface area contributed by atoms with Gasteiger partial charge in [-0.15, -0.1) is 12.4 Å². The Bertz CT molecular complexity index is 540. The Kier molecular flexibility index (Phi) is 7.26. The van der Waals surface area contributed by atoms with Crippen LogP contribution in [0.1, 0.15) is 20.3 Å². The number of aryl methyl sites for hydroxylation is 1. The molecule has 1 heterocycles. The van der Waals surface area contributed by atoms with Gasteiger partial charge in [-0.05, 0) is 24.9 Å². The summed E-state index contributed by atoms with van der Waals surface area (Å²) in [6.45, 7) is 6.55. The smallest absolute Gasteiger partial charge is 0.127 e. The molecule has 1 aromatic heterocycles. The lowest BCUT2D eigenvalue weighted by atomic mass is 10.1. The van der Waals surface area contributed by atoms with E-state index in [0.29, 0.717) is 12.5 Å². The zero-order valence-corrected chi connectivity index (χ0v) is 13.5. The van der Waals surface area contributed by atoms with Crippen LogP contribution in [0.5, 0.6) is 5.75 Å². The van der Waals surface area contributed by atoms with Crippen LogP contribution in [-0.2, 0) is 6.54 Å². The molecule has 2 N–H and O–H groups in total. The summed E-state index contributed by atoms with van der Waals surface area (Å²) in [6, 6.07) is 8.10. The van der Waals surface area contributed by atoms with E-state index in [2.05, 4.69) is 25.0 Å². The molecule has 2 aromatic rings. The van der Waals surface area contributed by atoms with E-state index < -0.39 is 0 Å². The van der Waals surface area contributed by atoms with E-state index in [-0.39, 0.29) is 12.4 Å². The van der Waals surface area contributed by atoms with Gasteiger partial charge in [-0.25, -0.2) is 0 Å². The molecule has 2 rings (SSSR count). The minimum absolute atomic E-state index is 0. The number of hydrogen-bond donors (Lipinski definition) is 1. The van der Waals surface area contributed by atoms with Crippen LogP contribution in [0.2, 0.25) is 0 Å². The standard InChI is InChI=1S/C16H23N3O.ClH/c1-13(2)12-20-16-7-4-3-6-15(16)14-10-18-19(11-14)9-5-8-17;/h3-4,6-7,10-11,13H,5,8-9,12,17H2,1-2H3;1H. The van der Waals surface area contributed by atoms with Crippen molar-refractivity contribution in [2.75, 3.05) is 13.2 Å². The minimum Gasteiger partial charge on any atom is -0.493 e. The first kappa shape index (κ1) is 17.5. The molecule has 5 heteroatoms. The second-order valence-corrected chi connectivity index (χ2v) is 5.34. The molecule has 0 spiro atoms. The summed E-state index contributed by atoms with van der Waals surface area (Å²) in [7, 11) is 0. The average molecular weight is 310 g/mol. The SMILES string of the molecule is CC(C)COc1ccccc1-c1cnn(CCCN)c1.Cl. The third-order valence-corrected chi connectivity index (χ3v) is 2.99. The monoisotopic (exact) mass is 309 g/mol. The first-order valence-corrected chi connectivity index (χ1v) is 7.15. The predicted octanol–water partition coefficient (Wildman–Crippen LogP) is 3.36. The van der Waals surface area contributed by atoms with Crippen molar-refractivity contribution in [3.8, 4) is 16.9 Å². The number of benzene rings is 1. The number of hydrogen-bond acceptors (Lipinski definition) is 3. The molecule has 0 amide bonds. The molecule has 0 aliphatic rings. The van der Waals surface area contributed by atoms with Gasteiger partial charge < -0.3 is 10.5 Å². The Morgan fingerprint density at radius 3 is 2.76 bits per heavy atom. The third-order valence-electron chi connectivity index (χ3n) is 2.99. The molecule has 0 saturated heterocycles. The Labute approximate surface area is 132 Å². The van der Waals surface area contributed by atoms with Crippen LogP contribution >= 0.6 is 12.4 Å². The molecule has 21 heavy (non-hydrogen) atoms. The number of aromatic nitrogens is 2. The molecular formula is C16H24ClN3O. The summed E-state index contributed by atoms with van der Waals surface area (Å²) in [5.74, 6) is 1.43. The lowest BCUT2D eigenvalue weighted by Gasteiger charge is -2.12. The van der Waals surface area contributed by atoms with Crippen molar-refractivity contribution in [2.24, 2.45) is 11.7 Å². The van der Waals surface area contributed by atoms with Gasteiger partial charge in [0.05, 0.1) is 12.8 Å². The van der Waals surface area contributed by atoms with E-state index in [1.165, 1.54) is 0 Å². The van der Waals surface area contributed by atoms with E-state index in [4.69, 9.17) is 10.5 Å². The maximum absolute atomic E-state index is 5.89. The maximum Gasteiger partial charge on any atom is 0.127 e. The van der Waals surface area contributed by atoms with Crippen molar-refractivity contribution >= 4 is 12.4 Å². The lowest BCUT2D eigenvalue weighted by molar-refractivity contribution is 0.272. The first-order chi connectivity index (χ1) is 9.70. The summed E-state index contributed by atoms with van der Waals surface area (Å²) in [6.07, 6.45) is 4.87. The quantitative estimate of drug-likeness (QED) is 0.853. The van der Waals surface area contributed by atoms with Gasteiger partial charge in [0.1, 0.15) is 5.75 Å². The van der Waals surface area contributed by atoms with Gasteiger partial charge in [0.15, 0.2) is 0 Å². The summed E-state index contributed by atoms with van der Waals surface area (Å²) in [5.41, 5.74) is 7.70. The minimum atomic E-state index is 0. The molecule has 0 saturated carbocycles. The molecule has 0 bridgehead atoms. The van der Waals surface area contributed by atoms with E-state index >= 15 is 0 Å². The van der Waals surface area contributed by atoms with Crippen molar-refractivity contribution in [1.82, 2.24) is 9.78 Å². The fourth-order valence-electron chi connectivity index (χ4n) is 1.97. The Hall–Kier alpha value is -1.52. The van der Waals surface area contributed by atoms with Gasteiger partial charge >= 0.3 is 0 Å². The molecule has 0 radical (unpaired) electrons. The summed E-state index contributed by atoms with van der Waals surface area (Å²) in [4.78, 5) is 0. The Morgan fingerprint density at radius 1 is 1.29 bits per heavy atom. The second-order valence-electron chi connectivity index (χ2n) is 5.34. The Morgan fingerprint density at radius 2 is 2.05 bits per heavy atom. The van der Waals surface area contributed by atoms with Crippen molar-refractivity contribution in [3.63, 3.8) is 0 Å². The second kappa shape index (κ2) is 8.70. The van der Waals surface area contributed by atoms with Crippen LogP contribution in [0.15, 0.2) is 36.7 Å². The topological polar surface area (TPSA) is 53.1 Å². The van der Waals surface area contributed by atoms with Gasteiger partial charge in [-0.1, -0.05) is 32.0 Å². The van der Waals surface area contributed by atoms with Crippen LogP contribution in [0, 0.1) is 5.92 Å². The van der Waals surface area contributed by atoms with Gasteiger partial charge in [0, 0.05) is 23.9 Å². The van der Waals surface area contributed by atoms with Crippen LogP contribution < -0.4 is 10.5 Å². The van der Waals surface area contributed by atoms with Crippen LogP contribution in [0.25, 0.3) is 11.1 Å². The molecular weight excluding hydrogens is 286 g/mol. The van der Waals surface area contributed by atoms with Crippen LogP contribution in [0.3, 0.4) is 0 Å². The van der Waals surface area contributed by atoms with E-state index in [1.54, 1.807) is 0 Å². The highest BCUT2D eigenvalue weighted by Gasteiger charge is 2.08. The predicted molar refractivity (Wildman–Crippen MR) is 88.9 cm³/mol. The lowest BCUT2D eigenvalue weighted by Crippen LogP contribution is -2.06. The number of halogens is 1. The van der Waals surface area contributed by atoms with Crippen molar-refractivity contribution in [1.29, 1.82) is 0 Å². The largest absolute Gasteiger partial charge is 0.493 e. The number of para-hydroxylation sites is 1. The summed E-state index contributed by atoms with van der Waals surface area (Å²) in [5, 5.41) is 4.37. The number of nitrogens with two attached hydrogens (primary N) is 1. The average Bonchev–Trinajstić information content (AvgIpc) is 2.92. The van der Waals surface area contributed by atoms with Crippen molar-refractivity contribution < 1.29 is 4.74 Å². The van der Waals surface area contributed by atoms with Gasteiger partial charge in [-0.2, -0.15) is 5.10 Å². The normalized spacial score (nSPS) is 10.5. The van der Waals surface area contributed by atoms with Crippen molar-refractivity contribution in [2.45, 2.75) is 26.8 Å². The number of nitrogens with zero attached hydrogens (tertiary/aromatic N) is 2. The fraction of sp³-hybridized carbons (Fsp3) is 0.438. The highest BCUT2D eigenvalue weighted by Crippen LogP contribution is 2.29. The summed E-state index contributed by atoms with van der Waals surface area (Å²) < 4.78 is 7.82. The zero-order valence-electron chi connectivity index (χ0n) is 12.7. The highest BCUT2D eigenvalue weighted by atomic mass is 35.5.